The highest BCUT2D eigenvalue weighted by molar-refractivity contribution is 5.82. The second-order valence-electron chi connectivity index (χ2n) is 5.82. The van der Waals surface area contributed by atoms with Gasteiger partial charge in [-0.3, -0.25) is 4.79 Å². The molecule has 2 rings (SSSR count). The van der Waals surface area contributed by atoms with Crippen LogP contribution in [0.25, 0.3) is 0 Å². The van der Waals surface area contributed by atoms with Gasteiger partial charge in [0, 0.05) is 24.1 Å². The molecule has 2 unspecified atom stereocenters. The van der Waals surface area contributed by atoms with E-state index in [1.165, 1.54) is 0 Å². The van der Waals surface area contributed by atoms with Gasteiger partial charge in [-0.1, -0.05) is 19.9 Å². The molecule has 0 radical (unpaired) electrons. The first-order valence-corrected chi connectivity index (χ1v) is 7.12. The molecular weight excluding hydrogens is 238 g/mol. The number of rotatable bonds is 4. The van der Waals surface area contributed by atoms with Crippen molar-refractivity contribution in [3.05, 3.63) is 23.9 Å². The molecule has 104 valence electrons. The molecule has 0 amide bonds. The monoisotopic (exact) mass is 261 g/mol. The van der Waals surface area contributed by atoms with Crippen LogP contribution in [-0.4, -0.2) is 17.9 Å². The Balaban J connectivity index is 2.10. The third kappa shape index (κ3) is 3.34. The predicted octanol–water partition coefficient (Wildman–Crippen LogP) is 3.27. The topological polar surface area (TPSA) is 39.2 Å². The molecule has 2 atom stereocenters. The Bertz CT molecular complexity index is 442. The van der Waals surface area contributed by atoms with Gasteiger partial charge < -0.3 is 4.74 Å². The number of carbonyl (C=O) groups excluding carboxylic acids is 1. The van der Waals surface area contributed by atoms with Crippen molar-refractivity contribution in [2.45, 2.75) is 39.5 Å². The van der Waals surface area contributed by atoms with Gasteiger partial charge in [0.05, 0.1) is 7.11 Å². The summed E-state index contributed by atoms with van der Waals surface area (Å²) in [6.07, 6.45) is 5.28. The van der Waals surface area contributed by atoms with Crippen LogP contribution in [0.5, 0.6) is 5.88 Å². The van der Waals surface area contributed by atoms with Crippen molar-refractivity contribution >= 4 is 5.78 Å². The summed E-state index contributed by atoms with van der Waals surface area (Å²) in [5, 5.41) is 0. The van der Waals surface area contributed by atoms with Crippen molar-refractivity contribution in [3.8, 4) is 5.88 Å². The normalized spacial score (nSPS) is 23.7. The molecular formula is C16H23NO2. The minimum Gasteiger partial charge on any atom is -0.481 e. The minimum absolute atomic E-state index is 0.138. The number of hydrogen-bond donors (Lipinski definition) is 0. The molecule has 1 heterocycles. The first kappa shape index (κ1) is 14.0. The number of hydrogen-bond acceptors (Lipinski definition) is 3. The second kappa shape index (κ2) is 6.18. The Hall–Kier alpha value is -1.38. The molecule has 0 spiro atoms. The molecule has 0 bridgehead atoms. The summed E-state index contributed by atoms with van der Waals surface area (Å²) in [5.74, 6) is 2.53. The lowest BCUT2D eigenvalue weighted by molar-refractivity contribution is -0.125. The maximum absolute atomic E-state index is 12.1. The number of ketones is 1. The van der Waals surface area contributed by atoms with E-state index >= 15 is 0 Å². The smallest absolute Gasteiger partial charge is 0.216 e. The van der Waals surface area contributed by atoms with E-state index < -0.39 is 0 Å². The van der Waals surface area contributed by atoms with Crippen LogP contribution in [0, 0.1) is 17.8 Å². The van der Waals surface area contributed by atoms with E-state index in [4.69, 9.17) is 4.74 Å². The van der Waals surface area contributed by atoms with Gasteiger partial charge in [-0.05, 0) is 37.2 Å². The fourth-order valence-corrected chi connectivity index (χ4v) is 2.98. The second-order valence-corrected chi connectivity index (χ2v) is 5.82. The zero-order valence-electron chi connectivity index (χ0n) is 12.1. The Morgan fingerprint density at radius 1 is 1.47 bits per heavy atom. The maximum Gasteiger partial charge on any atom is 0.216 e. The van der Waals surface area contributed by atoms with Crippen molar-refractivity contribution in [2.75, 3.05) is 7.11 Å². The Labute approximate surface area is 115 Å². The van der Waals surface area contributed by atoms with Crippen LogP contribution in [-0.2, 0) is 11.2 Å². The van der Waals surface area contributed by atoms with Crippen LogP contribution in [0.1, 0.15) is 38.7 Å². The summed E-state index contributed by atoms with van der Waals surface area (Å²) in [7, 11) is 1.63. The van der Waals surface area contributed by atoms with Crippen molar-refractivity contribution in [2.24, 2.45) is 17.8 Å². The van der Waals surface area contributed by atoms with E-state index in [2.05, 4.69) is 18.8 Å². The zero-order chi connectivity index (χ0) is 13.8. The van der Waals surface area contributed by atoms with E-state index in [0.29, 0.717) is 23.5 Å². The summed E-state index contributed by atoms with van der Waals surface area (Å²) in [5.41, 5.74) is 1.05. The molecule has 0 aliphatic heterocycles. The number of carbonyl (C=O) groups is 1. The van der Waals surface area contributed by atoms with Gasteiger partial charge in [0.1, 0.15) is 5.78 Å². The average molecular weight is 261 g/mol. The molecule has 1 saturated carbocycles. The first-order valence-electron chi connectivity index (χ1n) is 7.12. The van der Waals surface area contributed by atoms with Gasteiger partial charge in [-0.15, -0.1) is 0 Å². The van der Waals surface area contributed by atoms with E-state index in [0.717, 1.165) is 31.2 Å². The van der Waals surface area contributed by atoms with Gasteiger partial charge in [0.15, 0.2) is 0 Å². The van der Waals surface area contributed by atoms with Crippen LogP contribution in [0.4, 0.5) is 0 Å². The Kier molecular flexibility index (Phi) is 4.56. The molecule has 1 aromatic rings. The lowest BCUT2D eigenvalue weighted by Crippen LogP contribution is -2.29. The summed E-state index contributed by atoms with van der Waals surface area (Å²) >= 11 is 0. The molecule has 0 N–H and O–H groups in total. The quantitative estimate of drug-likeness (QED) is 0.835. The molecule has 3 nitrogen and oxygen atoms in total. The number of pyridine rings is 1. The van der Waals surface area contributed by atoms with E-state index in [1.807, 2.05) is 12.1 Å². The zero-order valence-corrected chi connectivity index (χ0v) is 12.1. The van der Waals surface area contributed by atoms with E-state index in [-0.39, 0.29) is 5.92 Å². The standard InChI is InChI=1S/C16H23NO2/c1-11(2)12-6-7-15(18)14(9-12)10-13-5-4-8-17-16(13)19-3/h4-5,8,11-12,14H,6-7,9-10H2,1-3H3. The van der Waals surface area contributed by atoms with E-state index in [9.17, 15) is 4.79 Å². The van der Waals surface area contributed by atoms with Crippen molar-refractivity contribution in [1.82, 2.24) is 4.98 Å². The first-order chi connectivity index (χ1) is 9.11. The van der Waals surface area contributed by atoms with Crippen molar-refractivity contribution in [1.29, 1.82) is 0 Å². The highest BCUT2D eigenvalue weighted by Gasteiger charge is 2.30. The fraction of sp³-hybridized carbons (Fsp3) is 0.625. The third-order valence-corrected chi connectivity index (χ3v) is 4.26. The highest BCUT2D eigenvalue weighted by atomic mass is 16.5. The van der Waals surface area contributed by atoms with Crippen LogP contribution < -0.4 is 4.74 Å². The lowest BCUT2D eigenvalue weighted by atomic mass is 9.74. The molecule has 0 aromatic carbocycles. The maximum atomic E-state index is 12.1. The van der Waals surface area contributed by atoms with Gasteiger partial charge in [-0.2, -0.15) is 0 Å². The molecule has 1 aliphatic rings. The van der Waals surface area contributed by atoms with Gasteiger partial charge in [0.25, 0.3) is 0 Å². The largest absolute Gasteiger partial charge is 0.481 e. The Morgan fingerprint density at radius 2 is 2.26 bits per heavy atom. The minimum atomic E-state index is 0.138. The SMILES string of the molecule is COc1ncccc1CC1CC(C(C)C)CCC1=O. The Morgan fingerprint density at radius 3 is 2.95 bits per heavy atom. The van der Waals surface area contributed by atoms with Crippen LogP contribution >= 0.6 is 0 Å². The van der Waals surface area contributed by atoms with Gasteiger partial charge in [0.2, 0.25) is 5.88 Å². The summed E-state index contributed by atoms with van der Waals surface area (Å²) < 4.78 is 5.27. The predicted molar refractivity (Wildman–Crippen MR) is 75.2 cm³/mol. The number of Topliss-reactive ketones (excluding diaryl/α,β-unsaturated/α-hetero) is 1. The number of nitrogens with zero attached hydrogens (tertiary/aromatic N) is 1. The molecule has 1 aromatic heterocycles. The van der Waals surface area contributed by atoms with Crippen LogP contribution in [0.3, 0.4) is 0 Å². The van der Waals surface area contributed by atoms with Crippen LogP contribution in [0.2, 0.25) is 0 Å². The number of aromatic nitrogens is 1. The molecule has 0 saturated heterocycles. The summed E-state index contributed by atoms with van der Waals surface area (Å²) in [6, 6.07) is 3.92. The van der Waals surface area contributed by atoms with Gasteiger partial charge >= 0.3 is 0 Å². The molecule has 1 aliphatic carbocycles. The summed E-state index contributed by atoms with van der Waals surface area (Å²) in [4.78, 5) is 16.3. The fourth-order valence-electron chi connectivity index (χ4n) is 2.98. The lowest BCUT2D eigenvalue weighted by Gasteiger charge is -2.30. The average Bonchev–Trinajstić information content (AvgIpc) is 2.41. The van der Waals surface area contributed by atoms with E-state index in [1.54, 1.807) is 13.3 Å². The highest BCUT2D eigenvalue weighted by Crippen LogP contribution is 2.34. The third-order valence-electron chi connectivity index (χ3n) is 4.26. The molecule has 1 fully saturated rings. The summed E-state index contributed by atoms with van der Waals surface area (Å²) in [6.45, 7) is 4.50. The molecule has 19 heavy (non-hydrogen) atoms. The molecule has 3 heteroatoms. The van der Waals surface area contributed by atoms with Gasteiger partial charge in [-0.25, -0.2) is 4.98 Å². The van der Waals surface area contributed by atoms with Crippen molar-refractivity contribution < 1.29 is 9.53 Å². The van der Waals surface area contributed by atoms with Crippen LogP contribution in [0.15, 0.2) is 18.3 Å². The number of ether oxygens (including phenoxy) is 1. The van der Waals surface area contributed by atoms with Crippen molar-refractivity contribution in [3.63, 3.8) is 0 Å². The number of methoxy groups -OCH3 is 1.